The van der Waals surface area contributed by atoms with Crippen LogP contribution in [-0.2, 0) is 0 Å². The van der Waals surface area contributed by atoms with Crippen LogP contribution in [0.4, 0.5) is 5.69 Å². The zero-order valence-electron chi connectivity index (χ0n) is 14.2. The van der Waals surface area contributed by atoms with E-state index < -0.39 is 0 Å². The molecule has 27 heavy (non-hydrogen) atoms. The van der Waals surface area contributed by atoms with E-state index in [4.69, 9.17) is 0 Å². The second-order valence-corrected chi connectivity index (χ2v) is 7.13. The number of halogens is 1. The number of carbonyl (C=O) groups is 1. The summed E-state index contributed by atoms with van der Waals surface area (Å²) in [6, 6.07) is 24.7. The molecule has 0 aliphatic carbocycles. The molecule has 0 fully saturated rings. The third kappa shape index (κ3) is 3.90. The van der Waals surface area contributed by atoms with Crippen molar-refractivity contribution < 1.29 is 4.79 Å². The molecule has 1 heterocycles. The largest absolute Gasteiger partial charge is 0.321 e. The molecule has 4 rings (SSSR count). The summed E-state index contributed by atoms with van der Waals surface area (Å²) in [6.07, 6.45) is 0. The van der Waals surface area contributed by atoms with Crippen LogP contribution in [-0.4, -0.2) is 21.1 Å². The lowest BCUT2D eigenvalue weighted by atomic mass is 10.1. The van der Waals surface area contributed by atoms with Crippen LogP contribution >= 0.6 is 22.6 Å². The van der Waals surface area contributed by atoms with Gasteiger partial charge in [-0.1, -0.05) is 48.5 Å². The van der Waals surface area contributed by atoms with Gasteiger partial charge in [0, 0.05) is 20.3 Å². The van der Waals surface area contributed by atoms with Crippen molar-refractivity contribution in [2.24, 2.45) is 0 Å². The van der Waals surface area contributed by atoms with Crippen LogP contribution < -0.4 is 5.32 Å². The summed E-state index contributed by atoms with van der Waals surface area (Å²) < 4.78 is 1.01. The number of carbonyl (C=O) groups excluding carboxylic acids is 1. The van der Waals surface area contributed by atoms with Gasteiger partial charge in [0.25, 0.3) is 5.91 Å². The fourth-order valence-electron chi connectivity index (χ4n) is 2.72. The lowest BCUT2D eigenvalue weighted by Gasteiger charge is -2.09. The SMILES string of the molecule is O=C(Nc1ccccc1-c1nc(-c2ccccc2)n[nH]1)c1cccc(I)c1. The molecule has 0 unspecified atom stereocenters. The minimum atomic E-state index is -0.163. The Morgan fingerprint density at radius 1 is 0.926 bits per heavy atom. The maximum Gasteiger partial charge on any atom is 0.255 e. The Labute approximate surface area is 170 Å². The Hall–Kier alpha value is -3.00. The summed E-state index contributed by atoms with van der Waals surface area (Å²) in [7, 11) is 0. The maximum atomic E-state index is 12.6. The molecular formula is C21H15IN4O. The Morgan fingerprint density at radius 3 is 2.52 bits per heavy atom. The van der Waals surface area contributed by atoms with Crippen LogP contribution in [0, 0.1) is 3.57 Å². The van der Waals surface area contributed by atoms with Gasteiger partial charge in [0.2, 0.25) is 0 Å². The first-order chi connectivity index (χ1) is 13.2. The van der Waals surface area contributed by atoms with Gasteiger partial charge in [-0.15, -0.1) is 0 Å². The zero-order valence-corrected chi connectivity index (χ0v) is 16.3. The normalized spacial score (nSPS) is 10.6. The number of para-hydroxylation sites is 1. The van der Waals surface area contributed by atoms with Crippen LogP contribution in [0.5, 0.6) is 0 Å². The van der Waals surface area contributed by atoms with Crippen LogP contribution in [0.1, 0.15) is 10.4 Å². The van der Waals surface area contributed by atoms with Crippen molar-refractivity contribution >= 4 is 34.2 Å². The summed E-state index contributed by atoms with van der Waals surface area (Å²) in [4.78, 5) is 17.2. The molecule has 0 radical (unpaired) electrons. The lowest BCUT2D eigenvalue weighted by molar-refractivity contribution is 0.102. The first kappa shape index (κ1) is 17.4. The van der Waals surface area contributed by atoms with Gasteiger partial charge in [-0.2, -0.15) is 5.10 Å². The van der Waals surface area contributed by atoms with Gasteiger partial charge in [0.15, 0.2) is 11.6 Å². The monoisotopic (exact) mass is 466 g/mol. The average molecular weight is 466 g/mol. The minimum Gasteiger partial charge on any atom is -0.321 e. The summed E-state index contributed by atoms with van der Waals surface area (Å²) >= 11 is 2.19. The number of nitrogens with zero attached hydrogens (tertiary/aromatic N) is 2. The highest BCUT2D eigenvalue weighted by Crippen LogP contribution is 2.27. The first-order valence-electron chi connectivity index (χ1n) is 8.35. The van der Waals surface area contributed by atoms with Gasteiger partial charge in [0.1, 0.15) is 0 Å². The molecule has 3 aromatic carbocycles. The third-order valence-corrected chi connectivity index (χ3v) is 4.71. The number of aromatic nitrogens is 3. The molecule has 2 N–H and O–H groups in total. The number of amides is 1. The van der Waals surface area contributed by atoms with Crippen molar-refractivity contribution in [2.45, 2.75) is 0 Å². The fourth-order valence-corrected chi connectivity index (χ4v) is 3.26. The zero-order chi connectivity index (χ0) is 18.6. The van der Waals surface area contributed by atoms with Crippen LogP contribution in [0.25, 0.3) is 22.8 Å². The van der Waals surface area contributed by atoms with E-state index in [2.05, 4.69) is 43.1 Å². The van der Waals surface area contributed by atoms with Gasteiger partial charge in [-0.3, -0.25) is 9.89 Å². The van der Waals surface area contributed by atoms with E-state index in [1.165, 1.54) is 0 Å². The second-order valence-electron chi connectivity index (χ2n) is 5.88. The predicted octanol–water partition coefficient (Wildman–Crippen LogP) is 5.00. The van der Waals surface area contributed by atoms with Gasteiger partial charge in [-0.05, 0) is 52.9 Å². The Balaban J connectivity index is 1.64. The van der Waals surface area contributed by atoms with E-state index in [0.717, 1.165) is 14.7 Å². The summed E-state index contributed by atoms with van der Waals surface area (Å²) in [5, 5.41) is 10.2. The van der Waals surface area contributed by atoms with Gasteiger partial charge >= 0.3 is 0 Å². The molecule has 0 saturated heterocycles. The molecule has 5 nitrogen and oxygen atoms in total. The molecule has 0 saturated carbocycles. The Bertz CT molecular complexity index is 1090. The van der Waals surface area contributed by atoms with Gasteiger partial charge in [0.05, 0.1) is 5.69 Å². The highest BCUT2D eigenvalue weighted by atomic mass is 127. The van der Waals surface area contributed by atoms with E-state index in [0.29, 0.717) is 22.9 Å². The van der Waals surface area contributed by atoms with E-state index in [9.17, 15) is 4.79 Å². The van der Waals surface area contributed by atoms with Crippen LogP contribution in [0.3, 0.4) is 0 Å². The number of nitrogens with one attached hydrogen (secondary N) is 2. The van der Waals surface area contributed by atoms with E-state index >= 15 is 0 Å². The number of hydrogen-bond acceptors (Lipinski definition) is 3. The van der Waals surface area contributed by atoms with E-state index in [1.807, 2.05) is 72.8 Å². The number of hydrogen-bond donors (Lipinski definition) is 2. The predicted molar refractivity (Wildman–Crippen MR) is 114 cm³/mol. The average Bonchev–Trinajstić information content (AvgIpc) is 3.19. The second kappa shape index (κ2) is 7.71. The molecular weight excluding hydrogens is 451 g/mol. The smallest absolute Gasteiger partial charge is 0.255 e. The quantitative estimate of drug-likeness (QED) is 0.416. The van der Waals surface area contributed by atoms with E-state index in [1.54, 1.807) is 6.07 Å². The topological polar surface area (TPSA) is 70.7 Å². The number of benzene rings is 3. The van der Waals surface area contributed by atoms with Crippen molar-refractivity contribution in [2.75, 3.05) is 5.32 Å². The van der Waals surface area contributed by atoms with E-state index in [-0.39, 0.29) is 5.91 Å². The number of anilines is 1. The fraction of sp³-hybridized carbons (Fsp3) is 0. The number of H-pyrrole nitrogens is 1. The molecule has 0 bridgehead atoms. The van der Waals surface area contributed by atoms with Gasteiger partial charge in [-0.25, -0.2) is 4.98 Å². The highest BCUT2D eigenvalue weighted by molar-refractivity contribution is 14.1. The van der Waals surface area contributed by atoms with Crippen LogP contribution in [0.15, 0.2) is 78.9 Å². The molecule has 1 aromatic heterocycles. The van der Waals surface area contributed by atoms with Crippen molar-refractivity contribution in [3.63, 3.8) is 0 Å². The lowest BCUT2D eigenvalue weighted by Crippen LogP contribution is -2.12. The third-order valence-electron chi connectivity index (χ3n) is 4.03. The van der Waals surface area contributed by atoms with Gasteiger partial charge < -0.3 is 5.32 Å². The molecule has 4 aromatic rings. The molecule has 6 heteroatoms. The van der Waals surface area contributed by atoms with Crippen molar-refractivity contribution in [1.82, 2.24) is 15.2 Å². The minimum absolute atomic E-state index is 0.163. The molecule has 1 amide bonds. The summed E-state index contributed by atoms with van der Waals surface area (Å²) in [5.74, 6) is 1.06. The van der Waals surface area contributed by atoms with Crippen molar-refractivity contribution in [3.05, 3.63) is 88.0 Å². The molecule has 132 valence electrons. The summed E-state index contributed by atoms with van der Waals surface area (Å²) in [5.41, 5.74) is 3.00. The molecule has 0 atom stereocenters. The highest BCUT2D eigenvalue weighted by Gasteiger charge is 2.14. The molecule has 0 aliphatic heterocycles. The van der Waals surface area contributed by atoms with Crippen molar-refractivity contribution in [3.8, 4) is 22.8 Å². The first-order valence-corrected chi connectivity index (χ1v) is 9.43. The Morgan fingerprint density at radius 2 is 1.70 bits per heavy atom. The number of aromatic amines is 1. The summed E-state index contributed by atoms with van der Waals surface area (Å²) in [6.45, 7) is 0. The molecule has 0 aliphatic rings. The standard InChI is InChI=1S/C21H15IN4O/c22-16-10-6-9-15(13-16)21(27)23-18-12-5-4-11-17(18)20-24-19(25-26-20)14-7-2-1-3-8-14/h1-13H,(H,23,27)(H,24,25,26). The number of rotatable bonds is 4. The Kier molecular flexibility index (Phi) is 4.97. The molecule has 0 spiro atoms. The van der Waals surface area contributed by atoms with Crippen LogP contribution in [0.2, 0.25) is 0 Å². The van der Waals surface area contributed by atoms with Crippen molar-refractivity contribution in [1.29, 1.82) is 0 Å². The maximum absolute atomic E-state index is 12.6.